The minimum Gasteiger partial charge on any atom is -0.462 e. The van der Waals surface area contributed by atoms with Crippen molar-refractivity contribution in [1.82, 2.24) is 0 Å². The minimum atomic E-state index is -0.778. The number of carbonyl (C=O) groups excluding carboxylic acids is 3. The second-order valence-electron chi connectivity index (χ2n) is 25.2. The van der Waals surface area contributed by atoms with E-state index < -0.39 is 6.10 Å². The first kappa shape index (κ1) is 79.6. The summed E-state index contributed by atoms with van der Waals surface area (Å²) in [5.41, 5.74) is 0. The van der Waals surface area contributed by atoms with Crippen LogP contribution >= 0.6 is 0 Å². The van der Waals surface area contributed by atoms with Gasteiger partial charge in [-0.3, -0.25) is 14.4 Å². The molecule has 0 aromatic carbocycles. The maximum atomic E-state index is 13.0. The van der Waals surface area contributed by atoms with Crippen LogP contribution in [-0.2, 0) is 28.6 Å². The van der Waals surface area contributed by atoms with Crippen molar-refractivity contribution in [3.63, 3.8) is 0 Å². The van der Waals surface area contributed by atoms with Crippen molar-refractivity contribution >= 4 is 17.9 Å². The van der Waals surface area contributed by atoms with Crippen molar-refractivity contribution < 1.29 is 28.6 Å². The van der Waals surface area contributed by atoms with E-state index in [0.717, 1.165) is 77.0 Å². The zero-order valence-corrected chi connectivity index (χ0v) is 55.5. The largest absolute Gasteiger partial charge is 0.462 e. The summed E-state index contributed by atoms with van der Waals surface area (Å²) in [4.78, 5) is 38.5. The molecule has 0 aromatic rings. The number of ether oxygens (including phenoxy) is 3. The van der Waals surface area contributed by atoms with E-state index in [0.29, 0.717) is 19.3 Å². The molecule has 0 rings (SSSR count). The summed E-state index contributed by atoms with van der Waals surface area (Å²) in [5, 5.41) is 0. The zero-order chi connectivity index (χ0) is 59.2. The Bertz CT molecular complexity index is 1370. The Balaban J connectivity index is 4.25. The normalized spacial score (nSPS) is 12.2. The average molecular weight is 1150 g/mol. The van der Waals surface area contributed by atoms with Gasteiger partial charge in [0.1, 0.15) is 13.2 Å². The highest BCUT2D eigenvalue weighted by atomic mass is 16.6. The fourth-order valence-corrected chi connectivity index (χ4v) is 11.3. The Morgan fingerprint density at radius 3 is 0.707 bits per heavy atom. The lowest BCUT2D eigenvalue weighted by Crippen LogP contribution is -2.30. The quantitative estimate of drug-likeness (QED) is 0.0261. The number of carbonyl (C=O) groups is 3. The number of unbranched alkanes of at least 4 members (excludes halogenated alkanes) is 52. The molecule has 0 fully saturated rings. The topological polar surface area (TPSA) is 78.9 Å². The van der Waals surface area contributed by atoms with Gasteiger partial charge in [0.15, 0.2) is 6.10 Å². The molecule has 0 bridgehead atoms. The number of hydrogen-bond acceptors (Lipinski definition) is 6. The van der Waals surface area contributed by atoms with Crippen LogP contribution in [0.3, 0.4) is 0 Å². The van der Waals surface area contributed by atoms with Crippen LogP contribution in [-0.4, -0.2) is 37.2 Å². The lowest BCUT2D eigenvalue weighted by atomic mass is 10.0. The summed E-state index contributed by atoms with van der Waals surface area (Å²) in [5.74, 6) is -0.856. The molecular formula is C76H142O6. The van der Waals surface area contributed by atoms with Gasteiger partial charge in [0, 0.05) is 19.3 Å². The molecule has 0 aliphatic heterocycles. The molecule has 482 valence electrons. The lowest BCUT2D eigenvalue weighted by Gasteiger charge is -2.18. The number of rotatable bonds is 69. The molecule has 0 radical (unpaired) electrons. The third-order valence-corrected chi connectivity index (χ3v) is 16.9. The SMILES string of the molecule is CCCCC/C=C\C/C=C\CCCCCCCC(=O)OCC(COC(=O)CCCCCCCCCCCCCCCCCCCCCCCCCCCC)OC(=O)CCCCCCCCCCCCC/C=C\CCCCCCCCCC. The van der Waals surface area contributed by atoms with E-state index in [-0.39, 0.29) is 31.1 Å². The van der Waals surface area contributed by atoms with E-state index in [1.54, 1.807) is 0 Å². The highest BCUT2D eigenvalue weighted by Crippen LogP contribution is 2.19. The van der Waals surface area contributed by atoms with Crippen molar-refractivity contribution in [3.8, 4) is 0 Å². The van der Waals surface area contributed by atoms with Crippen molar-refractivity contribution in [2.24, 2.45) is 0 Å². The number of hydrogen-bond donors (Lipinski definition) is 0. The fraction of sp³-hybridized carbons (Fsp3) is 0.882. The van der Waals surface area contributed by atoms with Crippen LogP contribution < -0.4 is 0 Å². The monoisotopic (exact) mass is 1150 g/mol. The zero-order valence-electron chi connectivity index (χ0n) is 55.5. The molecule has 82 heavy (non-hydrogen) atoms. The van der Waals surface area contributed by atoms with Gasteiger partial charge in [-0.05, 0) is 77.0 Å². The summed E-state index contributed by atoms with van der Waals surface area (Å²) < 4.78 is 17.0. The molecule has 0 aliphatic carbocycles. The maximum Gasteiger partial charge on any atom is 0.306 e. The standard InChI is InChI=1S/C76H142O6/c1-4-7-10-13-16-19-22-25-28-30-32-34-36-37-38-40-41-43-45-48-51-54-57-60-63-66-69-75(78)81-72-73(71-80-74(77)68-65-62-59-56-53-50-47-27-24-21-18-15-12-9-6-3)82-76(79)70-67-64-61-58-55-52-49-46-44-42-39-35-33-31-29-26-23-20-17-14-11-8-5-2/h18,21,27,31,33,47,73H,4-17,19-20,22-26,28-30,32,34-46,48-72H2,1-3H3/b21-18-,33-31-,47-27-. The molecule has 1 atom stereocenters. The van der Waals surface area contributed by atoms with E-state index in [4.69, 9.17) is 14.2 Å². The molecule has 0 aromatic heterocycles. The smallest absolute Gasteiger partial charge is 0.306 e. The molecule has 0 aliphatic rings. The average Bonchev–Trinajstić information content (AvgIpc) is 3.47. The fourth-order valence-electron chi connectivity index (χ4n) is 11.3. The first-order valence-corrected chi connectivity index (χ1v) is 37.0. The predicted molar refractivity (Wildman–Crippen MR) is 358 cm³/mol. The third kappa shape index (κ3) is 68.4. The Morgan fingerprint density at radius 1 is 0.244 bits per heavy atom. The Morgan fingerprint density at radius 2 is 0.439 bits per heavy atom. The number of esters is 3. The first-order chi connectivity index (χ1) is 40.5. The minimum absolute atomic E-state index is 0.0720. The highest BCUT2D eigenvalue weighted by Gasteiger charge is 2.19. The van der Waals surface area contributed by atoms with Gasteiger partial charge in [-0.2, -0.15) is 0 Å². The molecular weight excluding hydrogens is 1010 g/mol. The van der Waals surface area contributed by atoms with Gasteiger partial charge in [-0.25, -0.2) is 0 Å². The van der Waals surface area contributed by atoms with Crippen LogP contribution in [0.25, 0.3) is 0 Å². The second kappa shape index (κ2) is 71.1. The maximum absolute atomic E-state index is 13.0. The van der Waals surface area contributed by atoms with Crippen LogP contribution in [0.5, 0.6) is 0 Å². The first-order valence-electron chi connectivity index (χ1n) is 37.0. The van der Waals surface area contributed by atoms with Gasteiger partial charge >= 0.3 is 17.9 Å². The van der Waals surface area contributed by atoms with Crippen LogP contribution in [0.15, 0.2) is 36.5 Å². The summed E-state index contributed by atoms with van der Waals surface area (Å²) in [7, 11) is 0. The predicted octanol–water partition coefficient (Wildman–Crippen LogP) is 25.5. The van der Waals surface area contributed by atoms with Crippen molar-refractivity contribution in [1.29, 1.82) is 0 Å². The molecule has 0 saturated heterocycles. The van der Waals surface area contributed by atoms with E-state index in [2.05, 4.69) is 57.2 Å². The van der Waals surface area contributed by atoms with E-state index in [1.165, 1.54) is 295 Å². The Kier molecular flexibility index (Phi) is 69.1. The molecule has 0 heterocycles. The van der Waals surface area contributed by atoms with Gasteiger partial charge in [0.2, 0.25) is 0 Å². The van der Waals surface area contributed by atoms with Crippen molar-refractivity contribution in [2.75, 3.05) is 13.2 Å². The Hall–Kier alpha value is -2.37. The molecule has 6 heteroatoms. The summed E-state index contributed by atoms with van der Waals surface area (Å²) in [6, 6.07) is 0. The van der Waals surface area contributed by atoms with E-state index >= 15 is 0 Å². The molecule has 0 N–H and O–H groups in total. The second-order valence-corrected chi connectivity index (χ2v) is 25.2. The molecule has 0 saturated carbocycles. The van der Waals surface area contributed by atoms with E-state index in [1.807, 2.05) is 0 Å². The van der Waals surface area contributed by atoms with Gasteiger partial charge < -0.3 is 14.2 Å². The van der Waals surface area contributed by atoms with Gasteiger partial charge in [0.25, 0.3) is 0 Å². The molecule has 0 amide bonds. The lowest BCUT2D eigenvalue weighted by molar-refractivity contribution is -0.167. The molecule has 0 spiro atoms. The van der Waals surface area contributed by atoms with Gasteiger partial charge in [-0.1, -0.05) is 353 Å². The van der Waals surface area contributed by atoms with Crippen LogP contribution in [0.1, 0.15) is 412 Å². The van der Waals surface area contributed by atoms with Crippen molar-refractivity contribution in [3.05, 3.63) is 36.5 Å². The van der Waals surface area contributed by atoms with Crippen LogP contribution in [0, 0.1) is 0 Å². The van der Waals surface area contributed by atoms with Crippen LogP contribution in [0.4, 0.5) is 0 Å². The molecule has 1 unspecified atom stereocenters. The van der Waals surface area contributed by atoms with Gasteiger partial charge in [-0.15, -0.1) is 0 Å². The summed E-state index contributed by atoms with van der Waals surface area (Å²) in [6.07, 6.45) is 89.0. The highest BCUT2D eigenvalue weighted by molar-refractivity contribution is 5.71. The molecule has 6 nitrogen and oxygen atoms in total. The summed E-state index contributed by atoms with van der Waals surface area (Å²) >= 11 is 0. The van der Waals surface area contributed by atoms with E-state index in [9.17, 15) is 14.4 Å². The Labute approximate surface area is 512 Å². The van der Waals surface area contributed by atoms with Gasteiger partial charge in [0.05, 0.1) is 0 Å². The summed E-state index contributed by atoms with van der Waals surface area (Å²) in [6.45, 7) is 6.68. The van der Waals surface area contributed by atoms with Crippen LogP contribution in [0.2, 0.25) is 0 Å². The van der Waals surface area contributed by atoms with Crippen molar-refractivity contribution in [2.45, 2.75) is 419 Å². The number of allylic oxidation sites excluding steroid dienone is 6. The third-order valence-electron chi connectivity index (χ3n) is 16.9.